The highest BCUT2D eigenvalue weighted by Gasteiger charge is 2.41. The Morgan fingerprint density at radius 3 is 2.56 bits per heavy atom. The van der Waals surface area contributed by atoms with Crippen LogP contribution in [0.4, 0.5) is 5.69 Å². The second-order valence-corrected chi connectivity index (χ2v) is 10.5. The minimum Gasteiger partial charge on any atom is -0.352 e. The van der Waals surface area contributed by atoms with Gasteiger partial charge in [-0.05, 0) is 92.5 Å². The summed E-state index contributed by atoms with van der Waals surface area (Å²) in [5.41, 5.74) is 8.76. The van der Waals surface area contributed by atoms with Crippen LogP contribution in [0, 0.1) is 20.8 Å². The van der Waals surface area contributed by atoms with Crippen molar-refractivity contribution in [3.05, 3.63) is 113 Å². The molecule has 1 aliphatic rings. The summed E-state index contributed by atoms with van der Waals surface area (Å²) in [6.45, 7) is 9.00. The molecule has 1 fully saturated rings. The molecule has 1 aliphatic heterocycles. The maximum Gasteiger partial charge on any atom is 0.226 e. The van der Waals surface area contributed by atoms with E-state index in [1.807, 2.05) is 48.7 Å². The first-order chi connectivity index (χ1) is 18.9. The van der Waals surface area contributed by atoms with Gasteiger partial charge in [-0.1, -0.05) is 43.3 Å². The standard InChI is InChI=1S/C32H35N5OS/c1-5-24-12-6-7-14-27(24)34-29(38)16-18-36-31(30(35-32(36)39)28-15-8-9-17-33-28)26-20-22(3)37(23(26)4)25-13-10-11-21(2)19-25/h6-15,17,19-20,30-31H,5,16,18H2,1-4H3,(H,34,38)(H,35,39)/t30-,31-/m1/s1. The molecule has 4 aromatic rings. The van der Waals surface area contributed by atoms with Crippen LogP contribution in [0.5, 0.6) is 0 Å². The van der Waals surface area contributed by atoms with Crippen molar-refractivity contribution in [2.24, 2.45) is 0 Å². The Hall–Kier alpha value is -3.97. The smallest absolute Gasteiger partial charge is 0.226 e. The molecule has 200 valence electrons. The van der Waals surface area contributed by atoms with Gasteiger partial charge >= 0.3 is 0 Å². The van der Waals surface area contributed by atoms with E-state index in [1.54, 1.807) is 0 Å². The van der Waals surface area contributed by atoms with Gasteiger partial charge in [0, 0.05) is 41.9 Å². The van der Waals surface area contributed by atoms with E-state index in [-0.39, 0.29) is 18.0 Å². The first kappa shape index (κ1) is 26.6. The van der Waals surface area contributed by atoms with Crippen LogP contribution >= 0.6 is 12.2 Å². The van der Waals surface area contributed by atoms with Gasteiger partial charge in [0.05, 0.1) is 17.8 Å². The number of benzene rings is 2. The van der Waals surface area contributed by atoms with E-state index in [9.17, 15) is 4.79 Å². The summed E-state index contributed by atoms with van der Waals surface area (Å²) in [6.07, 6.45) is 3.00. The van der Waals surface area contributed by atoms with E-state index < -0.39 is 0 Å². The summed E-state index contributed by atoms with van der Waals surface area (Å²) in [5, 5.41) is 7.26. The van der Waals surface area contributed by atoms with Crippen molar-refractivity contribution in [3.8, 4) is 5.69 Å². The molecular weight excluding hydrogens is 502 g/mol. The molecule has 2 N–H and O–H groups in total. The van der Waals surface area contributed by atoms with Crippen molar-refractivity contribution in [1.82, 2.24) is 19.8 Å². The number of pyridine rings is 1. The number of amides is 1. The van der Waals surface area contributed by atoms with E-state index >= 15 is 0 Å². The molecule has 0 spiro atoms. The first-order valence-electron chi connectivity index (χ1n) is 13.5. The molecule has 39 heavy (non-hydrogen) atoms. The second kappa shape index (κ2) is 11.4. The number of aryl methyl sites for hydroxylation is 3. The van der Waals surface area contributed by atoms with Crippen LogP contribution in [0.1, 0.15) is 59.2 Å². The highest BCUT2D eigenvalue weighted by molar-refractivity contribution is 7.80. The SMILES string of the molecule is CCc1ccccc1NC(=O)CCN1C(=S)N[C@H](c2ccccn2)[C@H]1c1cc(C)n(-c2cccc(C)c2)c1C. The summed E-state index contributed by atoms with van der Waals surface area (Å²) >= 11 is 5.86. The van der Waals surface area contributed by atoms with Crippen molar-refractivity contribution < 1.29 is 4.79 Å². The summed E-state index contributed by atoms with van der Waals surface area (Å²) < 4.78 is 2.30. The normalized spacial score (nSPS) is 16.8. The van der Waals surface area contributed by atoms with Gasteiger partial charge in [-0.3, -0.25) is 9.78 Å². The maximum atomic E-state index is 13.1. The van der Waals surface area contributed by atoms with Crippen LogP contribution in [-0.4, -0.2) is 32.0 Å². The summed E-state index contributed by atoms with van der Waals surface area (Å²) in [5.74, 6) is -0.0241. The van der Waals surface area contributed by atoms with Gasteiger partial charge in [0.2, 0.25) is 5.91 Å². The number of thiocarbonyl (C=S) groups is 1. The van der Waals surface area contributed by atoms with Crippen LogP contribution in [0.15, 0.2) is 79.0 Å². The fourth-order valence-electron chi connectivity index (χ4n) is 5.62. The van der Waals surface area contributed by atoms with Gasteiger partial charge in [0.1, 0.15) is 0 Å². The third kappa shape index (κ3) is 5.45. The number of carbonyl (C=O) groups is 1. The third-order valence-electron chi connectivity index (χ3n) is 7.50. The Labute approximate surface area is 236 Å². The van der Waals surface area contributed by atoms with Gasteiger partial charge < -0.3 is 20.1 Å². The summed E-state index contributed by atoms with van der Waals surface area (Å²) in [7, 11) is 0. The Morgan fingerprint density at radius 1 is 1.03 bits per heavy atom. The number of hydrogen-bond acceptors (Lipinski definition) is 3. The van der Waals surface area contributed by atoms with E-state index in [0.717, 1.165) is 40.4 Å². The number of aromatic nitrogens is 2. The zero-order valence-corrected chi connectivity index (χ0v) is 23.8. The number of nitrogens with zero attached hydrogens (tertiary/aromatic N) is 3. The fourth-order valence-corrected chi connectivity index (χ4v) is 5.95. The quantitative estimate of drug-likeness (QED) is 0.256. The molecule has 5 rings (SSSR count). The van der Waals surface area contributed by atoms with Crippen LogP contribution in [0.25, 0.3) is 5.69 Å². The zero-order valence-electron chi connectivity index (χ0n) is 22.9. The van der Waals surface area contributed by atoms with Gasteiger partial charge in [0.25, 0.3) is 0 Å². The highest BCUT2D eigenvalue weighted by atomic mass is 32.1. The minimum absolute atomic E-state index is 0.0241. The lowest BCUT2D eigenvalue weighted by molar-refractivity contribution is -0.116. The molecule has 2 aromatic carbocycles. The Morgan fingerprint density at radius 2 is 1.82 bits per heavy atom. The zero-order chi connectivity index (χ0) is 27.5. The Kier molecular flexibility index (Phi) is 7.79. The lowest BCUT2D eigenvalue weighted by atomic mass is 9.96. The van der Waals surface area contributed by atoms with Crippen molar-refractivity contribution in [2.45, 2.75) is 52.6 Å². The average Bonchev–Trinajstić information content (AvgIpc) is 3.42. The van der Waals surface area contributed by atoms with Crippen LogP contribution in [0.3, 0.4) is 0 Å². The molecule has 3 heterocycles. The summed E-state index contributed by atoms with van der Waals surface area (Å²) in [6, 6.07) is 24.5. The molecule has 1 amide bonds. The molecule has 0 unspecified atom stereocenters. The molecule has 0 aliphatic carbocycles. The molecule has 6 nitrogen and oxygen atoms in total. The number of anilines is 1. The topological polar surface area (TPSA) is 62.2 Å². The van der Waals surface area contributed by atoms with Crippen molar-refractivity contribution in [2.75, 3.05) is 11.9 Å². The lowest BCUT2D eigenvalue weighted by Crippen LogP contribution is -2.33. The molecule has 2 atom stereocenters. The highest BCUT2D eigenvalue weighted by Crippen LogP contribution is 2.41. The number of hydrogen-bond donors (Lipinski definition) is 2. The average molecular weight is 538 g/mol. The van der Waals surface area contributed by atoms with Crippen LogP contribution in [-0.2, 0) is 11.2 Å². The van der Waals surface area contributed by atoms with Gasteiger partial charge in [-0.25, -0.2) is 0 Å². The number of para-hydroxylation sites is 1. The van der Waals surface area contributed by atoms with Crippen LogP contribution < -0.4 is 10.6 Å². The molecule has 2 aromatic heterocycles. The molecule has 1 saturated heterocycles. The van der Waals surface area contributed by atoms with Gasteiger partial charge in [0.15, 0.2) is 5.11 Å². The Balaban J connectivity index is 1.47. The van der Waals surface area contributed by atoms with Gasteiger partial charge in [-0.2, -0.15) is 0 Å². The first-order valence-corrected chi connectivity index (χ1v) is 13.9. The largest absolute Gasteiger partial charge is 0.352 e. The molecule has 7 heteroatoms. The lowest BCUT2D eigenvalue weighted by Gasteiger charge is -2.28. The molecular formula is C32H35N5OS. The van der Waals surface area contributed by atoms with E-state index in [0.29, 0.717) is 18.1 Å². The predicted octanol–water partition coefficient (Wildman–Crippen LogP) is 6.36. The van der Waals surface area contributed by atoms with E-state index in [2.05, 4.69) is 83.1 Å². The maximum absolute atomic E-state index is 13.1. The van der Waals surface area contributed by atoms with Crippen molar-refractivity contribution in [1.29, 1.82) is 0 Å². The molecule has 0 bridgehead atoms. The monoisotopic (exact) mass is 537 g/mol. The minimum atomic E-state index is -0.131. The number of nitrogens with one attached hydrogen (secondary N) is 2. The molecule has 0 saturated carbocycles. The third-order valence-corrected chi connectivity index (χ3v) is 7.85. The van der Waals surface area contributed by atoms with Crippen molar-refractivity contribution in [3.63, 3.8) is 0 Å². The molecule has 0 radical (unpaired) electrons. The number of carbonyl (C=O) groups excluding carboxylic acids is 1. The second-order valence-electron chi connectivity index (χ2n) is 10.1. The van der Waals surface area contributed by atoms with E-state index in [1.165, 1.54) is 11.1 Å². The van der Waals surface area contributed by atoms with Gasteiger partial charge in [-0.15, -0.1) is 0 Å². The Bertz CT molecular complexity index is 1500. The predicted molar refractivity (Wildman–Crippen MR) is 161 cm³/mol. The fraction of sp³-hybridized carbons (Fsp3) is 0.281. The van der Waals surface area contributed by atoms with E-state index in [4.69, 9.17) is 12.2 Å². The van der Waals surface area contributed by atoms with Crippen molar-refractivity contribution >= 4 is 28.9 Å². The van der Waals surface area contributed by atoms with Crippen LogP contribution in [0.2, 0.25) is 0 Å². The number of rotatable bonds is 8. The summed E-state index contributed by atoms with van der Waals surface area (Å²) in [4.78, 5) is 19.9.